The van der Waals surface area contributed by atoms with Gasteiger partial charge in [0.1, 0.15) is 0 Å². The molecule has 1 aliphatic heterocycles. The fourth-order valence-corrected chi connectivity index (χ4v) is 1.58. The van der Waals surface area contributed by atoms with E-state index in [4.69, 9.17) is 9.47 Å². The molecule has 0 radical (unpaired) electrons. The van der Waals surface area contributed by atoms with Crippen LogP contribution in [0.5, 0.6) is 11.5 Å². The summed E-state index contributed by atoms with van der Waals surface area (Å²) in [6, 6.07) is 2.78. The largest absolute Gasteiger partial charge is 0.454 e. The van der Waals surface area contributed by atoms with Crippen molar-refractivity contribution in [3.63, 3.8) is 0 Å². The Balaban J connectivity index is 2.38. The second-order valence-corrected chi connectivity index (χ2v) is 3.49. The van der Waals surface area contributed by atoms with E-state index < -0.39 is 11.2 Å². The molecule has 0 saturated heterocycles. The van der Waals surface area contributed by atoms with Crippen LogP contribution in [0.2, 0.25) is 0 Å². The monoisotopic (exact) mass is 241 g/mol. The molecule has 0 aromatic heterocycles. The van der Waals surface area contributed by atoms with Gasteiger partial charge in [0.05, 0.1) is 11.0 Å². The van der Waals surface area contributed by atoms with Crippen molar-refractivity contribution in [2.24, 2.45) is 0 Å². The zero-order chi connectivity index (χ0) is 12.4. The smallest absolute Gasteiger partial charge is 0.276 e. The summed E-state index contributed by atoms with van der Waals surface area (Å²) in [4.78, 5) is 10.4. The van der Waals surface area contributed by atoms with Crippen molar-refractivity contribution in [2.45, 2.75) is 12.7 Å². The van der Waals surface area contributed by atoms with Crippen molar-refractivity contribution >= 4 is 5.69 Å². The highest BCUT2D eigenvalue weighted by atomic mass is 16.7. The topological polar surface area (TPSA) is 91.1 Å². The number of aliphatic hydroxyl groups is 1. The third-order valence-corrected chi connectivity index (χ3v) is 2.44. The number of hydrogen-bond acceptors (Lipinski definition) is 6. The van der Waals surface area contributed by atoms with Gasteiger partial charge in [-0.1, -0.05) is 0 Å². The van der Waals surface area contributed by atoms with Crippen LogP contribution in [0.3, 0.4) is 0 Å². The average Bonchev–Trinajstić information content (AvgIpc) is 2.74. The van der Waals surface area contributed by atoms with E-state index in [0.717, 1.165) is 0 Å². The van der Waals surface area contributed by atoms with E-state index in [9.17, 15) is 15.2 Å². The van der Waals surface area contributed by atoms with Gasteiger partial charge in [-0.3, -0.25) is 10.1 Å². The van der Waals surface area contributed by atoms with Crippen molar-refractivity contribution in [1.82, 2.24) is 0 Å². The van der Waals surface area contributed by atoms with E-state index in [2.05, 4.69) is 4.74 Å². The molecule has 17 heavy (non-hydrogen) atoms. The van der Waals surface area contributed by atoms with Gasteiger partial charge in [0.2, 0.25) is 6.79 Å². The van der Waals surface area contributed by atoms with E-state index in [-0.39, 0.29) is 18.9 Å². The Bertz CT molecular complexity index is 447. The van der Waals surface area contributed by atoms with Crippen molar-refractivity contribution in [3.05, 3.63) is 27.8 Å². The first-order chi connectivity index (χ1) is 8.11. The number of methoxy groups -OCH3 is 1. The Morgan fingerprint density at radius 2 is 2.18 bits per heavy atom. The molecule has 2 rings (SSSR count). The molecule has 0 amide bonds. The second-order valence-electron chi connectivity index (χ2n) is 3.49. The van der Waals surface area contributed by atoms with Gasteiger partial charge in [-0.2, -0.15) is 0 Å². The molecule has 92 valence electrons. The van der Waals surface area contributed by atoms with E-state index >= 15 is 0 Å². The van der Waals surface area contributed by atoms with Gasteiger partial charge in [-0.25, -0.2) is 0 Å². The third kappa shape index (κ3) is 2.29. The summed E-state index contributed by atoms with van der Waals surface area (Å²) in [7, 11) is 1.32. The van der Waals surface area contributed by atoms with Gasteiger partial charge < -0.3 is 19.3 Å². The van der Waals surface area contributed by atoms with Crippen molar-refractivity contribution in [2.75, 3.05) is 13.9 Å². The van der Waals surface area contributed by atoms with Gasteiger partial charge in [0.15, 0.2) is 17.8 Å². The van der Waals surface area contributed by atoms with E-state index in [1.165, 1.54) is 19.2 Å². The minimum Gasteiger partial charge on any atom is -0.454 e. The van der Waals surface area contributed by atoms with E-state index in [1.807, 2.05) is 0 Å². The summed E-state index contributed by atoms with van der Waals surface area (Å²) < 4.78 is 14.8. The Labute approximate surface area is 96.7 Å². The van der Waals surface area contributed by atoms with Gasteiger partial charge in [-0.05, 0) is 6.07 Å². The molecule has 1 N–H and O–H groups in total. The second kappa shape index (κ2) is 4.56. The van der Waals surface area contributed by atoms with Gasteiger partial charge in [0.25, 0.3) is 5.69 Å². The van der Waals surface area contributed by atoms with Crippen molar-refractivity contribution in [1.29, 1.82) is 0 Å². The quantitative estimate of drug-likeness (QED) is 0.477. The molecule has 0 aliphatic carbocycles. The fraction of sp³-hybridized carbons (Fsp3) is 0.400. The number of fused-ring (bicyclic) bond motifs is 1. The molecule has 7 nitrogen and oxygen atoms in total. The third-order valence-electron chi connectivity index (χ3n) is 2.44. The molecule has 0 spiro atoms. The van der Waals surface area contributed by atoms with Crippen molar-refractivity contribution < 1.29 is 24.2 Å². The van der Waals surface area contributed by atoms with Crippen LogP contribution in [0.1, 0.15) is 5.56 Å². The highest BCUT2D eigenvalue weighted by Crippen LogP contribution is 2.38. The van der Waals surface area contributed by atoms with Gasteiger partial charge in [-0.15, -0.1) is 0 Å². The molecule has 0 saturated carbocycles. The van der Waals surface area contributed by atoms with Crippen LogP contribution in [0, 0.1) is 10.1 Å². The SMILES string of the molecule is COC(O)Cc1cc2c(cc1[N+](=O)[O-])OCO2. The molecule has 7 heteroatoms. The number of nitro benzene ring substituents is 1. The lowest BCUT2D eigenvalue weighted by Gasteiger charge is -2.09. The summed E-state index contributed by atoms with van der Waals surface area (Å²) in [5.74, 6) is 0.779. The summed E-state index contributed by atoms with van der Waals surface area (Å²) in [6.45, 7) is 0.0444. The van der Waals surface area contributed by atoms with Gasteiger partial charge >= 0.3 is 0 Å². The predicted molar refractivity (Wildman–Crippen MR) is 55.9 cm³/mol. The summed E-state index contributed by atoms with van der Waals surface area (Å²) in [6.07, 6.45) is -1.07. The maximum atomic E-state index is 10.9. The lowest BCUT2D eigenvalue weighted by Crippen LogP contribution is -2.13. The summed E-state index contributed by atoms with van der Waals surface area (Å²) in [5.41, 5.74) is 0.221. The zero-order valence-electron chi connectivity index (χ0n) is 9.08. The van der Waals surface area contributed by atoms with Crippen LogP contribution in [-0.2, 0) is 11.2 Å². The molecule has 0 fully saturated rings. The van der Waals surface area contributed by atoms with Crippen LogP contribution < -0.4 is 9.47 Å². The van der Waals surface area contributed by atoms with Crippen LogP contribution in [-0.4, -0.2) is 30.2 Å². The lowest BCUT2D eigenvalue weighted by atomic mass is 10.1. The standard InChI is InChI=1S/C10H11NO6/c1-15-10(12)3-6-2-8-9(17-5-16-8)4-7(6)11(13)14/h2,4,10,12H,3,5H2,1H3. The fourth-order valence-electron chi connectivity index (χ4n) is 1.58. The first kappa shape index (κ1) is 11.6. The number of nitro groups is 1. The Kier molecular flexibility index (Phi) is 3.12. The first-order valence-electron chi connectivity index (χ1n) is 4.89. The molecule has 1 aliphatic rings. The van der Waals surface area contributed by atoms with Crippen LogP contribution in [0.25, 0.3) is 0 Å². The molecular weight excluding hydrogens is 230 g/mol. The molecule has 1 aromatic rings. The van der Waals surface area contributed by atoms with Gasteiger partial charge in [0, 0.05) is 19.1 Å². The molecule has 1 heterocycles. The molecule has 0 bridgehead atoms. The Morgan fingerprint density at radius 1 is 1.53 bits per heavy atom. The minimum absolute atomic E-state index is 0.0173. The normalized spacial score (nSPS) is 14.7. The number of benzene rings is 1. The van der Waals surface area contributed by atoms with Crippen LogP contribution >= 0.6 is 0 Å². The average molecular weight is 241 g/mol. The maximum absolute atomic E-state index is 10.9. The molecular formula is C10H11NO6. The number of aliphatic hydroxyl groups excluding tert-OH is 1. The van der Waals surface area contributed by atoms with Crippen molar-refractivity contribution in [3.8, 4) is 11.5 Å². The van der Waals surface area contributed by atoms with Crippen LogP contribution in [0.15, 0.2) is 12.1 Å². The molecule has 1 atom stereocenters. The number of ether oxygens (including phenoxy) is 3. The van der Waals surface area contributed by atoms with E-state index in [0.29, 0.717) is 17.1 Å². The Hall–Kier alpha value is -1.86. The summed E-state index contributed by atoms with van der Waals surface area (Å²) in [5, 5.41) is 20.2. The lowest BCUT2D eigenvalue weighted by molar-refractivity contribution is -0.385. The minimum atomic E-state index is -1.09. The van der Waals surface area contributed by atoms with Crippen LogP contribution in [0.4, 0.5) is 5.69 Å². The predicted octanol–water partition coefficient (Wildman–Crippen LogP) is 0.831. The number of hydrogen-bond donors (Lipinski definition) is 1. The van der Waals surface area contributed by atoms with E-state index in [1.54, 1.807) is 0 Å². The number of rotatable bonds is 4. The Morgan fingerprint density at radius 3 is 2.76 bits per heavy atom. The molecule has 1 unspecified atom stereocenters. The maximum Gasteiger partial charge on any atom is 0.276 e. The molecule has 1 aromatic carbocycles. The summed E-state index contributed by atoms with van der Waals surface area (Å²) >= 11 is 0. The highest BCUT2D eigenvalue weighted by Gasteiger charge is 2.24. The highest BCUT2D eigenvalue weighted by molar-refractivity contribution is 5.55. The first-order valence-corrected chi connectivity index (χ1v) is 4.89. The zero-order valence-corrected chi connectivity index (χ0v) is 9.08. The number of nitrogens with zero attached hydrogens (tertiary/aromatic N) is 1.